The van der Waals surface area contributed by atoms with Crippen LogP contribution in [0.5, 0.6) is 0 Å². The van der Waals surface area contributed by atoms with Crippen molar-refractivity contribution in [3.8, 4) is 0 Å². The topological polar surface area (TPSA) is 99.3 Å². The lowest BCUT2D eigenvalue weighted by atomic mass is 10.2. The maximum Gasteiger partial charge on any atom is 0.404 e. The number of hydrogen-bond donors (Lipinski definition) is 1. The van der Waals surface area contributed by atoms with Gasteiger partial charge in [-0.15, -0.1) is 0 Å². The number of nitrogens with one attached hydrogen (secondary N) is 1. The predicted molar refractivity (Wildman–Crippen MR) is 78.0 cm³/mol. The Labute approximate surface area is 130 Å². The molecule has 2 rings (SSSR count). The van der Waals surface area contributed by atoms with Gasteiger partial charge in [-0.2, -0.15) is 4.68 Å². The van der Waals surface area contributed by atoms with Gasteiger partial charge in [-0.1, -0.05) is 0 Å². The normalized spacial score (nSPS) is 19.5. The largest absolute Gasteiger partial charge is 0.404 e. The van der Waals surface area contributed by atoms with E-state index in [-0.39, 0.29) is 17.8 Å². The summed E-state index contributed by atoms with van der Waals surface area (Å²) in [6, 6.07) is -0.628. The van der Waals surface area contributed by atoms with E-state index in [0.29, 0.717) is 16.7 Å². The van der Waals surface area contributed by atoms with Crippen LogP contribution < -0.4 is 5.32 Å². The summed E-state index contributed by atoms with van der Waals surface area (Å²) in [7, 11) is 0. The van der Waals surface area contributed by atoms with Crippen LogP contribution in [0.3, 0.4) is 0 Å². The molecular weight excluding hydrogens is 344 g/mol. The van der Waals surface area contributed by atoms with Crippen molar-refractivity contribution < 1.29 is 14.5 Å². The van der Waals surface area contributed by atoms with Crippen molar-refractivity contribution in [3.05, 3.63) is 20.3 Å². The molecule has 1 N–H and O–H groups in total. The maximum absolute atomic E-state index is 12.1. The minimum atomic E-state index is -0.628. The highest BCUT2D eigenvalue weighted by molar-refractivity contribution is 9.10. The monoisotopic (exact) mass is 360 g/mol. The molecule has 116 valence electrons. The molecule has 2 heterocycles. The van der Waals surface area contributed by atoms with E-state index < -0.39 is 11.0 Å². The van der Waals surface area contributed by atoms with Crippen LogP contribution in [-0.2, 0) is 9.53 Å². The third kappa shape index (κ3) is 3.41. The standard InChI is InChI=1S/C12H17BrN4O4/c1-7-10(13)11(17(19)20)15-16(7)8(2)12(18)14-6-9-4-3-5-21-9/h8-9H,3-6H2,1-2H3,(H,14,18). The number of nitrogens with zero attached hydrogens (tertiary/aromatic N) is 3. The number of hydrogen-bond acceptors (Lipinski definition) is 5. The van der Waals surface area contributed by atoms with E-state index >= 15 is 0 Å². The molecule has 0 aromatic carbocycles. The van der Waals surface area contributed by atoms with Crippen LogP contribution in [0.15, 0.2) is 4.47 Å². The van der Waals surface area contributed by atoms with Crippen molar-refractivity contribution in [1.82, 2.24) is 15.1 Å². The highest BCUT2D eigenvalue weighted by Crippen LogP contribution is 2.29. The zero-order valence-electron chi connectivity index (χ0n) is 11.8. The van der Waals surface area contributed by atoms with Crippen molar-refractivity contribution in [2.45, 2.75) is 38.8 Å². The molecule has 0 radical (unpaired) electrons. The Hall–Kier alpha value is -1.48. The molecule has 1 aliphatic heterocycles. The minimum Gasteiger partial charge on any atom is -0.376 e. The minimum absolute atomic E-state index is 0.0564. The Balaban J connectivity index is 2.04. The second-order valence-corrected chi connectivity index (χ2v) is 5.77. The quantitative estimate of drug-likeness (QED) is 0.636. The molecule has 0 aliphatic carbocycles. The van der Waals surface area contributed by atoms with Gasteiger partial charge in [-0.25, -0.2) is 0 Å². The molecule has 1 aromatic rings. The summed E-state index contributed by atoms with van der Waals surface area (Å²) in [5.41, 5.74) is 0.543. The van der Waals surface area contributed by atoms with Gasteiger partial charge in [-0.3, -0.25) is 4.79 Å². The zero-order chi connectivity index (χ0) is 15.6. The lowest BCUT2D eigenvalue weighted by Crippen LogP contribution is -2.36. The lowest BCUT2D eigenvalue weighted by Gasteiger charge is -2.14. The second kappa shape index (κ2) is 6.52. The first kappa shape index (κ1) is 15.9. The first-order valence-corrected chi connectivity index (χ1v) is 7.49. The molecule has 0 spiro atoms. The van der Waals surface area contributed by atoms with E-state index in [4.69, 9.17) is 4.74 Å². The predicted octanol–water partition coefficient (Wildman–Crippen LogP) is 1.72. The van der Waals surface area contributed by atoms with Gasteiger partial charge in [0.25, 0.3) is 0 Å². The molecule has 21 heavy (non-hydrogen) atoms. The van der Waals surface area contributed by atoms with E-state index in [0.717, 1.165) is 19.4 Å². The lowest BCUT2D eigenvalue weighted by molar-refractivity contribution is -0.390. The van der Waals surface area contributed by atoms with Crippen molar-refractivity contribution in [2.24, 2.45) is 0 Å². The first-order valence-electron chi connectivity index (χ1n) is 6.70. The number of amides is 1. The molecule has 1 amide bonds. The number of halogens is 1. The van der Waals surface area contributed by atoms with Crippen molar-refractivity contribution in [3.63, 3.8) is 0 Å². The number of carbonyl (C=O) groups excluding carboxylic acids is 1. The molecule has 0 saturated carbocycles. The molecule has 9 heteroatoms. The van der Waals surface area contributed by atoms with E-state index in [9.17, 15) is 14.9 Å². The highest BCUT2D eigenvalue weighted by Gasteiger charge is 2.29. The number of aromatic nitrogens is 2. The number of rotatable bonds is 5. The average Bonchev–Trinajstić information content (AvgIpc) is 3.05. The molecule has 2 unspecified atom stereocenters. The van der Waals surface area contributed by atoms with E-state index in [2.05, 4.69) is 26.3 Å². The van der Waals surface area contributed by atoms with E-state index in [1.165, 1.54) is 4.68 Å². The Morgan fingerprint density at radius 1 is 1.71 bits per heavy atom. The number of carbonyl (C=O) groups is 1. The summed E-state index contributed by atoms with van der Waals surface area (Å²) in [6.45, 7) is 4.51. The number of ether oxygens (including phenoxy) is 1. The van der Waals surface area contributed by atoms with Gasteiger partial charge in [0.2, 0.25) is 5.91 Å². The van der Waals surface area contributed by atoms with E-state index in [1.807, 2.05) is 0 Å². The van der Waals surface area contributed by atoms with Gasteiger partial charge in [0.15, 0.2) is 0 Å². The maximum atomic E-state index is 12.1. The van der Waals surface area contributed by atoms with Gasteiger partial charge in [-0.05, 0) is 47.5 Å². The van der Waals surface area contributed by atoms with Gasteiger partial charge in [0.05, 0.1) is 16.9 Å². The van der Waals surface area contributed by atoms with Crippen molar-refractivity contribution >= 4 is 27.7 Å². The van der Waals surface area contributed by atoms with Crippen LogP contribution in [0.2, 0.25) is 0 Å². The number of nitro groups is 1. The van der Waals surface area contributed by atoms with Crippen LogP contribution in [0.25, 0.3) is 0 Å². The average molecular weight is 361 g/mol. The van der Waals surface area contributed by atoms with E-state index in [1.54, 1.807) is 13.8 Å². The Kier molecular flexibility index (Phi) is 4.94. The Morgan fingerprint density at radius 2 is 2.43 bits per heavy atom. The molecule has 2 atom stereocenters. The van der Waals surface area contributed by atoms with Crippen LogP contribution >= 0.6 is 15.9 Å². The summed E-state index contributed by atoms with van der Waals surface area (Å²) in [5.74, 6) is -0.523. The van der Waals surface area contributed by atoms with Gasteiger partial charge in [0.1, 0.15) is 10.5 Å². The third-order valence-electron chi connectivity index (χ3n) is 3.51. The van der Waals surface area contributed by atoms with Crippen LogP contribution in [0.4, 0.5) is 5.82 Å². The molecular formula is C12H17BrN4O4. The second-order valence-electron chi connectivity index (χ2n) is 4.98. The summed E-state index contributed by atoms with van der Waals surface area (Å²) >= 11 is 3.14. The fourth-order valence-corrected chi connectivity index (χ4v) is 2.66. The van der Waals surface area contributed by atoms with Crippen molar-refractivity contribution in [2.75, 3.05) is 13.2 Å². The zero-order valence-corrected chi connectivity index (χ0v) is 13.4. The molecule has 1 aromatic heterocycles. The summed E-state index contributed by atoms with van der Waals surface area (Å²) in [5, 5.41) is 17.5. The molecule has 1 aliphatic rings. The smallest absolute Gasteiger partial charge is 0.376 e. The fraction of sp³-hybridized carbons (Fsp3) is 0.667. The van der Waals surface area contributed by atoms with Gasteiger partial charge < -0.3 is 20.2 Å². The summed E-state index contributed by atoms with van der Waals surface area (Å²) in [4.78, 5) is 22.4. The van der Waals surface area contributed by atoms with Crippen molar-refractivity contribution in [1.29, 1.82) is 0 Å². The molecule has 8 nitrogen and oxygen atoms in total. The Morgan fingerprint density at radius 3 is 2.95 bits per heavy atom. The molecule has 1 saturated heterocycles. The molecule has 0 bridgehead atoms. The van der Waals surface area contributed by atoms with Gasteiger partial charge in [0, 0.05) is 13.2 Å². The summed E-state index contributed by atoms with van der Waals surface area (Å²) in [6.07, 6.45) is 2.00. The van der Waals surface area contributed by atoms with Crippen LogP contribution in [-0.4, -0.2) is 39.9 Å². The SMILES string of the molecule is Cc1c(Br)c([N+](=O)[O-])nn1C(C)C(=O)NCC1CCCO1. The fourth-order valence-electron chi connectivity index (χ4n) is 2.26. The van der Waals surface area contributed by atoms with Gasteiger partial charge >= 0.3 is 5.82 Å². The molecule has 1 fully saturated rings. The van der Waals surface area contributed by atoms with Crippen LogP contribution in [0.1, 0.15) is 31.5 Å². The first-order chi connectivity index (χ1) is 9.91. The Bertz CT molecular complexity index is 554. The summed E-state index contributed by atoms with van der Waals surface area (Å²) < 4.78 is 7.08. The third-order valence-corrected chi connectivity index (χ3v) is 4.44. The highest BCUT2D eigenvalue weighted by atomic mass is 79.9. The van der Waals surface area contributed by atoms with Crippen LogP contribution in [0, 0.1) is 17.0 Å².